The van der Waals surface area contributed by atoms with Gasteiger partial charge in [-0.25, -0.2) is 18.7 Å². The van der Waals surface area contributed by atoms with Crippen LogP contribution in [0.15, 0.2) is 23.1 Å². The van der Waals surface area contributed by atoms with E-state index < -0.39 is 11.7 Å². The lowest BCUT2D eigenvalue weighted by Gasteiger charge is -2.19. The lowest BCUT2D eigenvalue weighted by atomic mass is 10.2. The molecule has 114 valence electrons. The van der Waals surface area contributed by atoms with Crippen LogP contribution in [-0.2, 0) is 11.3 Å². The van der Waals surface area contributed by atoms with Gasteiger partial charge in [0.05, 0.1) is 11.6 Å². The fourth-order valence-corrected chi connectivity index (χ4v) is 1.88. The highest BCUT2D eigenvalue weighted by Gasteiger charge is 2.15. The quantitative estimate of drug-likeness (QED) is 0.935. The molecule has 0 radical (unpaired) electrons. The van der Waals surface area contributed by atoms with Crippen molar-refractivity contribution < 1.29 is 9.53 Å². The summed E-state index contributed by atoms with van der Waals surface area (Å²) < 4.78 is 7.72. The molecule has 1 amide bonds. The Bertz CT molecular complexity index is 714. The molecule has 2 aromatic rings. The second kappa shape index (κ2) is 5.77. The summed E-state index contributed by atoms with van der Waals surface area (Å²) in [5, 5.41) is 7.17. The van der Waals surface area contributed by atoms with Crippen LogP contribution in [0.2, 0.25) is 5.02 Å². The molecule has 0 aromatic carbocycles. The Labute approximate surface area is 126 Å². The SMILES string of the molecule is CC(C)(C)OC(=O)NCCn1nc2ccc(Cl)cn2c1=O. The molecule has 0 atom stereocenters. The molecule has 2 aromatic heterocycles. The van der Waals surface area contributed by atoms with Crippen LogP contribution >= 0.6 is 11.6 Å². The first-order valence-corrected chi connectivity index (χ1v) is 6.86. The van der Waals surface area contributed by atoms with Gasteiger partial charge in [-0.2, -0.15) is 0 Å². The molecule has 2 heterocycles. The van der Waals surface area contributed by atoms with E-state index in [0.29, 0.717) is 10.7 Å². The first-order chi connectivity index (χ1) is 9.76. The maximum absolute atomic E-state index is 12.0. The van der Waals surface area contributed by atoms with Crippen molar-refractivity contribution in [1.29, 1.82) is 0 Å². The van der Waals surface area contributed by atoms with Gasteiger partial charge in [0.2, 0.25) is 0 Å². The van der Waals surface area contributed by atoms with E-state index in [1.165, 1.54) is 15.3 Å². The van der Waals surface area contributed by atoms with Crippen LogP contribution in [0.25, 0.3) is 5.65 Å². The van der Waals surface area contributed by atoms with Gasteiger partial charge in [-0.1, -0.05) is 11.6 Å². The van der Waals surface area contributed by atoms with Crippen LogP contribution in [0.1, 0.15) is 20.8 Å². The lowest BCUT2D eigenvalue weighted by molar-refractivity contribution is 0.0525. The highest BCUT2D eigenvalue weighted by molar-refractivity contribution is 6.30. The van der Waals surface area contributed by atoms with Crippen LogP contribution in [0.5, 0.6) is 0 Å². The number of nitrogens with one attached hydrogen (secondary N) is 1. The molecule has 0 bridgehead atoms. The zero-order chi connectivity index (χ0) is 15.6. The summed E-state index contributed by atoms with van der Waals surface area (Å²) in [6, 6.07) is 3.31. The molecule has 0 fully saturated rings. The Balaban J connectivity index is 2.00. The Morgan fingerprint density at radius 1 is 1.43 bits per heavy atom. The van der Waals surface area contributed by atoms with E-state index in [-0.39, 0.29) is 18.8 Å². The van der Waals surface area contributed by atoms with Gasteiger partial charge in [0.25, 0.3) is 0 Å². The third-order valence-corrected chi connectivity index (χ3v) is 2.76. The van der Waals surface area contributed by atoms with E-state index in [2.05, 4.69) is 10.4 Å². The van der Waals surface area contributed by atoms with Crippen LogP contribution in [-0.4, -0.2) is 32.4 Å². The molecule has 1 N–H and O–H groups in total. The summed E-state index contributed by atoms with van der Waals surface area (Å²) in [7, 11) is 0. The average Bonchev–Trinajstić information content (AvgIpc) is 2.65. The number of halogens is 1. The van der Waals surface area contributed by atoms with Crippen LogP contribution in [0.3, 0.4) is 0 Å². The van der Waals surface area contributed by atoms with Crippen molar-refractivity contribution in [3.63, 3.8) is 0 Å². The van der Waals surface area contributed by atoms with E-state index in [1.54, 1.807) is 32.9 Å². The molecule has 0 aliphatic rings. The largest absolute Gasteiger partial charge is 0.444 e. The summed E-state index contributed by atoms with van der Waals surface area (Å²) >= 11 is 5.84. The molecule has 0 saturated heterocycles. The molecule has 2 rings (SSSR count). The number of aromatic nitrogens is 3. The number of nitrogens with zero attached hydrogens (tertiary/aromatic N) is 3. The maximum Gasteiger partial charge on any atom is 0.407 e. The van der Waals surface area contributed by atoms with Crippen LogP contribution < -0.4 is 11.0 Å². The van der Waals surface area contributed by atoms with E-state index in [1.807, 2.05) is 0 Å². The van der Waals surface area contributed by atoms with E-state index in [9.17, 15) is 9.59 Å². The van der Waals surface area contributed by atoms with Crippen molar-refractivity contribution in [3.05, 3.63) is 33.8 Å². The Morgan fingerprint density at radius 3 is 2.81 bits per heavy atom. The summed E-state index contributed by atoms with van der Waals surface area (Å²) in [5.74, 6) is 0. The molecule has 0 saturated carbocycles. The van der Waals surface area contributed by atoms with Gasteiger partial charge in [-0.15, -0.1) is 5.10 Å². The zero-order valence-corrected chi connectivity index (χ0v) is 12.8. The van der Waals surface area contributed by atoms with Gasteiger partial charge in [0.15, 0.2) is 5.65 Å². The average molecular weight is 313 g/mol. The summed E-state index contributed by atoms with van der Waals surface area (Å²) in [4.78, 5) is 23.5. The summed E-state index contributed by atoms with van der Waals surface area (Å²) in [6.07, 6.45) is 0.978. The van der Waals surface area contributed by atoms with Gasteiger partial charge >= 0.3 is 11.8 Å². The number of fused-ring (bicyclic) bond motifs is 1. The number of pyridine rings is 1. The van der Waals surface area contributed by atoms with Crippen molar-refractivity contribution >= 4 is 23.3 Å². The summed E-state index contributed by atoms with van der Waals surface area (Å²) in [6.45, 7) is 5.83. The molecule has 21 heavy (non-hydrogen) atoms. The number of carbonyl (C=O) groups is 1. The fourth-order valence-electron chi connectivity index (χ4n) is 1.72. The smallest absolute Gasteiger partial charge is 0.407 e. The van der Waals surface area contributed by atoms with Crippen molar-refractivity contribution in [1.82, 2.24) is 19.5 Å². The molecule has 0 spiro atoms. The third kappa shape index (κ3) is 3.98. The number of ether oxygens (including phenoxy) is 1. The van der Waals surface area contributed by atoms with E-state index in [4.69, 9.17) is 16.3 Å². The highest BCUT2D eigenvalue weighted by Crippen LogP contribution is 2.08. The lowest BCUT2D eigenvalue weighted by Crippen LogP contribution is -2.35. The van der Waals surface area contributed by atoms with Crippen molar-refractivity contribution in [2.24, 2.45) is 0 Å². The molecular formula is C13H17ClN4O3. The molecule has 8 heteroatoms. The molecular weight excluding hydrogens is 296 g/mol. The highest BCUT2D eigenvalue weighted by atomic mass is 35.5. The number of rotatable bonds is 3. The number of hydrogen-bond donors (Lipinski definition) is 1. The number of carbonyl (C=O) groups excluding carboxylic acids is 1. The Hall–Kier alpha value is -2.02. The number of amides is 1. The minimum atomic E-state index is -0.555. The second-order valence-corrected chi connectivity index (χ2v) is 5.95. The molecule has 0 aliphatic carbocycles. The van der Waals surface area contributed by atoms with Crippen LogP contribution in [0, 0.1) is 0 Å². The molecule has 0 unspecified atom stereocenters. The second-order valence-electron chi connectivity index (χ2n) is 5.51. The monoisotopic (exact) mass is 312 g/mol. The first-order valence-electron chi connectivity index (χ1n) is 6.48. The summed E-state index contributed by atoms with van der Waals surface area (Å²) in [5.41, 5.74) is -0.360. The van der Waals surface area contributed by atoms with Crippen molar-refractivity contribution in [2.75, 3.05) is 6.54 Å². The third-order valence-electron chi connectivity index (χ3n) is 2.53. The Morgan fingerprint density at radius 2 is 2.14 bits per heavy atom. The molecule has 0 aliphatic heterocycles. The Kier molecular flexibility index (Phi) is 4.22. The van der Waals surface area contributed by atoms with E-state index in [0.717, 1.165) is 0 Å². The predicted octanol–water partition coefficient (Wildman–Crippen LogP) is 1.67. The van der Waals surface area contributed by atoms with Gasteiger partial charge in [0, 0.05) is 12.7 Å². The zero-order valence-electron chi connectivity index (χ0n) is 12.1. The van der Waals surface area contributed by atoms with Crippen LogP contribution in [0.4, 0.5) is 4.79 Å². The number of hydrogen-bond acceptors (Lipinski definition) is 4. The van der Waals surface area contributed by atoms with Gasteiger partial charge < -0.3 is 10.1 Å². The van der Waals surface area contributed by atoms with Crippen molar-refractivity contribution in [3.8, 4) is 0 Å². The van der Waals surface area contributed by atoms with Gasteiger partial charge in [-0.3, -0.25) is 0 Å². The predicted molar refractivity (Wildman–Crippen MR) is 78.7 cm³/mol. The standard InChI is InChI=1S/C13H17ClN4O3/c1-13(2,3)21-11(19)15-6-7-18-12(20)17-8-9(14)4-5-10(17)16-18/h4-5,8H,6-7H2,1-3H3,(H,15,19). The van der Waals surface area contributed by atoms with E-state index >= 15 is 0 Å². The minimum Gasteiger partial charge on any atom is -0.444 e. The number of alkyl carbamates (subject to hydrolysis) is 1. The topological polar surface area (TPSA) is 77.6 Å². The maximum atomic E-state index is 12.0. The fraction of sp³-hybridized carbons (Fsp3) is 0.462. The van der Waals surface area contributed by atoms with Gasteiger partial charge in [0.1, 0.15) is 5.60 Å². The first kappa shape index (κ1) is 15.4. The molecule has 7 nitrogen and oxygen atoms in total. The van der Waals surface area contributed by atoms with Crippen molar-refractivity contribution in [2.45, 2.75) is 32.9 Å². The minimum absolute atomic E-state index is 0.242. The van der Waals surface area contributed by atoms with Gasteiger partial charge in [-0.05, 0) is 32.9 Å². The normalized spacial score (nSPS) is 11.6.